The molecule has 0 heterocycles. The molecule has 0 unspecified atom stereocenters. The number of esters is 1. The van der Waals surface area contributed by atoms with E-state index >= 15 is 0 Å². The lowest BCUT2D eigenvalue weighted by Gasteiger charge is -2.61. The molecule has 4 rings (SSSR count). The number of hydrogen-bond acceptors (Lipinski definition) is 4. The Morgan fingerprint density at radius 3 is 2.44 bits per heavy atom. The molecule has 0 N–H and O–H groups in total. The van der Waals surface area contributed by atoms with Gasteiger partial charge in [0.05, 0.1) is 0 Å². The van der Waals surface area contributed by atoms with Crippen LogP contribution in [0.1, 0.15) is 105 Å². The van der Waals surface area contributed by atoms with Crippen molar-refractivity contribution in [3.8, 4) is 0 Å². The summed E-state index contributed by atoms with van der Waals surface area (Å²) in [6.45, 7) is 11.3. The van der Waals surface area contributed by atoms with Crippen LogP contribution in [0.3, 0.4) is 0 Å². The first-order chi connectivity index (χ1) is 15.2. The molecule has 3 nitrogen and oxygen atoms in total. The highest BCUT2D eigenvalue weighted by Crippen LogP contribution is 2.68. The molecule has 9 atom stereocenters. The van der Waals surface area contributed by atoms with E-state index in [0.29, 0.717) is 21.9 Å². The van der Waals surface area contributed by atoms with Crippen molar-refractivity contribution in [1.29, 1.82) is 0 Å². The summed E-state index contributed by atoms with van der Waals surface area (Å²) in [4.78, 5) is 23.6. The molecule has 0 aromatic heterocycles. The summed E-state index contributed by atoms with van der Waals surface area (Å²) in [5.41, 5.74) is 0.911. The van der Waals surface area contributed by atoms with Crippen LogP contribution >= 0.6 is 11.8 Å². The summed E-state index contributed by atoms with van der Waals surface area (Å²) in [5.74, 6) is 5.58. The lowest BCUT2D eigenvalue weighted by atomic mass is 9.44. The van der Waals surface area contributed by atoms with Gasteiger partial charge in [-0.15, -0.1) is 0 Å². The number of ether oxygens (including phenoxy) is 1. The fourth-order valence-electron chi connectivity index (χ4n) is 9.32. The first-order valence-electron chi connectivity index (χ1n) is 13.5. The topological polar surface area (TPSA) is 43.4 Å². The van der Waals surface area contributed by atoms with Crippen molar-refractivity contribution in [1.82, 2.24) is 0 Å². The van der Waals surface area contributed by atoms with Crippen molar-refractivity contribution in [2.75, 3.05) is 5.75 Å². The van der Waals surface area contributed by atoms with Gasteiger partial charge in [0.2, 0.25) is 0 Å². The van der Waals surface area contributed by atoms with Gasteiger partial charge >= 0.3 is 5.97 Å². The summed E-state index contributed by atoms with van der Waals surface area (Å²) < 4.78 is 5.64. The molecule has 4 saturated carbocycles. The minimum atomic E-state index is -0.109. The van der Waals surface area contributed by atoms with Gasteiger partial charge in [-0.2, -0.15) is 0 Å². The molecule has 0 spiro atoms. The Labute approximate surface area is 200 Å². The molecule has 0 saturated heterocycles. The number of thioether (sulfide) groups is 1. The molecule has 0 radical (unpaired) electrons. The van der Waals surface area contributed by atoms with E-state index in [1.807, 2.05) is 0 Å². The maximum absolute atomic E-state index is 12.1. The Bertz CT molecular complexity index is 707. The van der Waals surface area contributed by atoms with Gasteiger partial charge in [-0.25, -0.2) is 0 Å². The molecule has 0 aromatic carbocycles. The van der Waals surface area contributed by atoms with Crippen molar-refractivity contribution in [2.24, 2.45) is 46.3 Å². The zero-order chi connectivity index (χ0) is 23.1. The van der Waals surface area contributed by atoms with Crippen molar-refractivity contribution in [3.63, 3.8) is 0 Å². The quantitative estimate of drug-likeness (QED) is 0.389. The second-order valence-electron chi connectivity index (χ2n) is 12.2. The van der Waals surface area contributed by atoms with Crippen LogP contribution in [0.2, 0.25) is 0 Å². The predicted octanol–water partition coefficient (Wildman–Crippen LogP) is 7.27. The van der Waals surface area contributed by atoms with Crippen LogP contribution in [-0.2, 0) is 14.3 Å². The second kappa shape index (κ2) is 9.62. The normalized spacial score (nSPS) is 44.2. The molecule has 4 fully saturated rings. The van der Waals surface area contributed by atoms with Crippen molar-refractivity contribution in [3.05, 3.63) is 0 Å². The molecular formula is C28H46O3S. The molecule has 32 heavy (non-hydrogen) atoms. The number of rotatable bonds is 6. The summed E-state index contributed by atoms with van der Waals surface area (Å²) in [6, 6.07) is 0. The molecular weight excluding hydrogens is 416 g/mol. The fourth-order valence-corrected chi connectivity index (χ4v) is 9.90. The molecule has 0 amide bonds. The third kappa shape index (κ3) is 4.43. The summed E-state index contributed by atoms with van der Waals surface area (Å²) in [7, 11) is 0. The van der Waals surface area contributed by atoms with Gasteiger partial charge in [-0.3, -0.25) is 9.59 Å². The number of carbonyl (C=O) groups is 2. The van der Waals surface area contributed by atoms with E-state index in [1.165, 1.54) is 56.7 Å². The van der Waals surface area contributed by atoms with Gasteiger partial charge in [0.25, 0.3) is 0 Å². The highest BCUT2D eigenvalue weighted by molar-refractivity contribution is 8.13. The van der Waals surface area contributed by atoms with Crippen molar-refractivity contribution >= 4 is 22.8 Å². The second-order valence-corrected chi connectivity index (χ2v) is 13.5. The summed E-state index contributed by atoms with van der Waals surface area (Å²) in [5, 5.41) is 0.387. The molecule has 4 heteroatoms. The highest BCUT2D eigenvalue weighted by atomic mass is 32.2. The molecule has 4 aliphatic rings. The first kappa shape index (κ1) is 24.6. The average molecular weight is 463 g/mol. The Morgan fingerprint density at radius 2 is 1.72 bits per heavy atom. The van der Waals surface area contributed by atoms with Gasteiger partial charge in [0, 0.05) is 13.3 Å². The van der Waals surface area contributed by atoms with Crippen LogP contribution in [0.5, 0.6) is 0 Å². The van der Waals surface area contributed by atoms with E-state index in [-0.39, 0.29) is 12.1 Å². The third-order valence-corrected chi connectivity index (χ3v) is 11.6. The van der Waals surface area contributed by atoms with Gasteiger partial charge in [0.1, 0.15) is 6.10 Å². The zero-order valence-corrected chi connectivity index (χ0v) is 22.0. The Hall–Kier alpha value is -0.510. The molecule has 0 bridgehead atoms. The monoisotopic (exact) mass is 462 g/mol. The lowest BCUT2D eigenvalue weighted by molar-refractivity contribution is -0.160. The van der Waals surface area contributed by atoms with Crippen molar-refractivity contribution in [2.45, 2.75) is 111 Å². The van der Waals surface area contributed by atoms with Crippen LogP contribution in [-0.4, -0.2) is 22.9 Å². The standard InChI is InChI=1S/C28H46O3S/c1-6-32-26(30)12-7-18(2)23-10-11-24-22-9-8-20-17-21(31-19(3)29)13-15-27(20,4)25(22)14-16-28(23,24)5/h18,20-25H,6-17H2,1-5H3/t18-,20-,21-,22+,23-,24+,25+,27+,28-/m1/s1. The van der Waals surface area contributed by atoms with E-state index < -0.39 is 0 Å². The minimum absolute atomic E-state index is 0.109. The summed E-state index contributed by atoms with van der Waals surface area (Å²) >= 11 is 1.50. The Kier molecular flexibility index (Phi) is 7.40. The van der Waals surface area contributed by atoms with Gasteiger partial charge in [0.15, 0.2) is 5.12 Å². The first-order valence-corrected chi connectivity index (χ1v) is 14.5. The number of fused-ring (bicyclic) bond motifs is 5. The van der Waals surface area contributed by atoms with Crippen LogP contribution in [0.25, 0.3) is 0 Å². The van der Waals surface area contributed by atoms with Crippen molar-refractivity contribution < 1.29 is 14.3 Å². The minimum Gasteiger partial charge on any atom is -0.463 e. The van der Waals surface area contributed by atoms with Crippen LogP contribution in [0, 0.1) is 46.3 Å². The fraction of sp³-hybridized carbons (Fsp3) is 0.929. The van der Waals surface area contributed by atoms with E-state index in [0.717, 1.165) is 61.0 Å². The molecule has 182 valence electrons. The third-order valence-electron chi connectivity index (χ3n) is 10.8. The Balaban J connectivity index is 1.42. The SMILES string of the molecule is CCSC(=O)CC[C@@H](C)[C@H]1CC[C@H]2[C@@H]3CC[C@@H]4C[C@H](OC(C)=O)CC[C@]4(C)[C@H]3CC[C@]12C. The summed E-state index contributed by atoms with van der Waals surface area (Å²) in [6.07, 6.45) is 13.6. The maximum atomic E-state index is 12.1. The van der Waals surface area contributed by atoms with E-state index in [9.17, 15) is 9.59 Å². The van der Waals surface area contributed by atoms with Crippen LogP contribution in [0.15, 0.2) is 0 Å². The zero-order valence-electron chi connectivity index (χ0n) is 21.2. The largest absolute Gasteiger partial charge is 0.463 e. The maximum Gasteiger partial charge on any atom is 0.302 e. The smallest absolute Gasteiger partial charge is 0.302 e. The molecule has 0 aliphatic heterocycles. The molecule has 4 aliphatic carbocycles. The van der Waals surface area contributed by atoms with Gasteiger partial charge < -0.3 is 4.74 Å². The lowest BCUT2D eigenvalue weighted by Crippen LogP contribution is -2.54. The average Bonchev–Trinajstić information content (AvgIpc) is 3.09. The number of carbonyl (C=O) groups excluding carboxylic acids is 2. The van der Waals surface area contributed by atoms with Gasteiger partial charge in [-0.05, 0) is 116 Å². The predicted molar refractivity (Wildman–Crippen MR) is 132 cm³/mol. The number of hydrogen-bond donors (Lipinski definition) is 0. The Morgan fingerprint density at radius 1 is 1.00 bits per heavy atom. The van der Waals surface area contributed by atoms with Gasteiger partial charge in [-0.1, -0.05) is 39.5 Å². The highest BCUT2D eigenvalue weighted by Gasteiger charge is 2.60. The van der Waals surface area contributed by atoms with E-state index in [4.69, 9.17) is 4.74 Å². The van der Waals surface area contributed by atoms with E-state index in [1.54, 1.807) is 6.92 Å². The van der Waals surface area contributed by atoms with E-state index in [2.05, 4.69) is 27.7 Å². The molecule has 0 aromatic rings. The van der Waals surface area contributed by atoms with Crippen LogP contribution < -0.4 is 0 Å². The van der Waals surface area contributed by atoms with Crippen LogP contribution in [0.4, 0.5) is 0 Å².